The van der Waals surface area contributed by atoms with E-state index in [1.165, 1.54) is 12.1 Å². The number of nitrogens with two attached hydrogens (primary N) is 1. The zero-order chi connectivity index (χ0) is 12.8. The van der Waals surface area contributed by atoms with Gasteiger partial charge in [0.1, 0.15) is 10.8 Å². The Labute approximate surface area is 108 Å². The molecule has 0 aliphatic carbocycles. The lowest BCUT2D eigenvalue weighted by Crippen LogP contribution is -2.25. The summed E-state index contributed by atoms with van der Waals surface area (Å²) in [5, 5.41) is 0. The van der Waals surface area contributed by atoms with Gasteiger partial charge in [-0.2, -0.15) is 0 Å². The number of benzene rings is 1. The third-order valence-corrected chi connectivity index (χ3v) is 2.94. The van der Waals surface area contributed by atoms with Crippen LogP contribution in [0.3, 0.4) is 0 Å². The molecule has 0 aliphatic rings. The van der Waals surface area contributed by atoms with Crippen molar-refractivity contribution in [3.8, 4) is 0 Å². The van der Waals surface area contributed by atoms with Crippen LogP contribution in [0.1, 0.15) is 31.4 Å². The molecule has 0 spiro atoms. The SMILES string of the molecule is CCCN(CC)Cc1ccc(F)cc1C(N)=S. The Morgan fingerprint density at radius 1 is 1.41 bits per heavy atom. The van der Waals surface area contributed by atoms with Crippen LogP contribution < -0.4 is 5.73 Å². The molecule has 1 rings (SSSR count). The van der Waals surface area contributed by atoms with E-state index in [9.17, 15) is 4.39 Å². The quantitative estimate of drug-likeness (QED) is 0.791. The van der Waals surface area contributed by atoms with E-state index in [1.54, 1.807) is 6.07 Å². The van der Waals surface area contributed by atoms with Crippen molar-refractivity contribution in [1.29, 1.82) is 0 Å². The second-order valence-electron chi connectivity index (χ2n) is 4.03. The lowest BCUT2D eigenvalue weighted by Gasteiger charge is -2.21. The molecule has 0 atom stereocenters. The zero-order valence-electron chi connectivity index (χ0n) is 10.4. The Morgan fingerprint density at radius 2 is 2.12 bits per heavy atom. The molecule has 0 aliphatic heterocycles. The van der Waals surface area contributed by atoms with Crippen molar-refractivity contribution < 1.29 is 4.39 Å². The average molecular weight is 254 g/mol. The van der Waals surface area contributed by atoms with Crippen molar-refractivity contribution in [2.75, 3.05) is 13.1 Å². The fourth-order valence-electron chi connectivity index (χ4n) is 1.82. The average Bonchev–Trinajstić information content (AvgIpc) is 2.30. The van der Waals surface area contributed by atoms with Gasteiger partial charge < -0.3 is 5.73 Å². The molecule has 2 N–H and O–H groups in total. The first-order valence-corrected chi connectivity index (χ1v) is 6.29. The summed E-state index contributed by atoms with van der Waals surface area (Å²) in [7, 11) is 0. The van der Waals surface area contributed by atoms with Crippen LogP contribution >= 0.6 is 12.2 Å². The summed E-state index contributed by atoms with van der Waals surface area (Å²) >= 11 is 4.96. The Bertz CT molecular complexity index is 393. The van der Waals surface area contributed by atoms with Crippen LogP contribution in [-0.2, 0) is 6.54 Å². The van der Waals surface area contributed by atoms with Gasteiger partial charge in [0.15, 0.2) is 0 Å². The first-order valence-electron chi connectivity index (χ1n) is 5.89. The predicted octanol–water partition coefficient (Wildman–Crippen LogP) is 2.69. The van der Waals surface area contributed by atoms with E-state index in [2.05, 4.69) is 18.7 Å². The minimum atomic E-state index is -0.296. The van der Waals surface area contributed by atoms with Crippen molar-refractivity contribution in [2.24, 2.45) is 5.73 Å². The highest BCUT2D eigenvalue weighted by Crippen LogP contribution is 2.14. The molecular weight excluding hydrogens is 235 g/mol. The molecule has 0 fully saturated rings. The summed E-state index contributed by atoms with van der Waals surface area (Å²) in [6, 6.07) is 4.64. The molecule has 1 aromatic rings. The third-order valence-electron chi connectivity index (χ3n) is 2.72. The first kappa shape index (κ1) is 14.1. The maximum Gasteiger partial charge on any atom is 0.123 e. The van der Waals surface area contributed by atoms with Crippen molar-refractivity contribution in [1.82, 2.24) is 4.90 Å². The highest BCUT2D eigenvalue weighted by atomic mass is 32.1. The van der Waals surface area contributed by atoms with Gasteiger partial charge in [0.2, 0.25) is 0 Å². The second kappa shape index (κ2) is 6.67. The highest BCUT2D eigenvalue weighted by Gasteiger charge is 2.10. The Morgan fingerprint density at radius 3 is 2.65 bits per heavy atom. The number of halogens is 1. The maximum absolute atomic E-state index is 13.1. The summed E-state index contributed by atoms with van der Waals surface area (Å²) in [5.74, 6) is -0.296. The smallest absolute Gasteiger partial charge is 0.123 e. The molecule has 0 bridgehead atoms. The van der Waals surface area contributed by atoms with E-state index in [0.717, 1.165) is 31.6 Å². The zero-order valence-corrected chi connectivity index (χ0v) is 11.2. The van der Waals surface area contributed by atoms with Crippen LogP contribution in [0.25, 0.3) is 0 Å². The lowest BCUT2D eigenvalue weighted by molar-refractivity contribution is 0.280. The molecule has 4 heteroatoms. The van der Waals surface area contributed by atoms with Crippen molar-refractivity contribution in [3.63, 3.8) is 0 Å². The topological polar surface area (TPSA) is 29.3 Å². The molecule has 0 saturated heterocycles. The third kappa shape index (κ3) is 4.06. The number of nitrogens with zero attached hydrogens (tertiary/aromatic N) is 1. The van der Waals surface area contributed by atoms with E-state index in [1.807, 2.05) is 0 Å². The second-order valence-corrected chi connectivity index (χ2v) is 4.47. The number of rotatable bonds is 6. The predicted molar refractivity (Wildman–Crippen MR) is 73.5 cm³/mol. The normalized spacial score (nSPS) is 10.8. The van der Waals surface area contributed by atoms with Crippen molar-refractivity contribution >= 4 is 17.2 Å². The van der Waals surface area contributed by atoms with Crippen LogP contribution in [0, 0.1) is 5.82 Å². The molecule has 0 unspecified atom stereocenters. The van der Waals surface area contributed by atoms with Crippen molar-refractivity contribution in [3.05, 3.63) is 35.1 Å². The molecular formula is C13H19FN2S. The van der Waals surface area contributed by atoms with Crippen LogP contribution in [0.5, 0.6) is 0 Å². The Balaban J connectivity index is 2.92. The minimum Gasteiger partial charge on any atom is -0.389 e. The molecule has 2 nitrogen and oxygen atoms in total. The first-order chi connectivity index (χ1) is 8.08. The molecule has 0 aromatic heterocycles. The van der Waals surface area contributed by atoms with Gasteiger partial charge in [-0.15, -0.1) is 0 Å². The van der Waals surface area contributed by atoms with Crippen LogP contribution in [-0.4, -0.2) is 23.0 Å². The van der Waals surface area contributed by atoms with Gasteiger partial charge in [0.25, 0.3) is 0 Å². The van der Waals surface area contributed by atoms with Gasteiger partial charge in [-0.25, -0.2) is 4.39 Å². The van der Waals surface area contributed by atoms with Gasteiger partial charge in [-0.05, 0) is 37.2 Å². The monoisotopic (exact) mass is 254 g/mol. The fourth-order valence-corrected chi connectivity index (χ4v) is 2.01. The van der Waals surface area contributed by atoms with E-state index >= 15 is 0 Å². The minimum absolute atomic E-state index is 0.257. The van der Waals surface area contributed by atoms with Crippen LogP contribution in [0.15, 0.2) is 18.2 Å². The van der Waals surface area contributed by atoms with E-state index in [4.69, 9.17) is 18.0 Å². The van der Waals surface area contributed by atoms with Gasteiger partial charge in [0, 0.05) is 12.1 Å². The molecule has 17 heavy (non-hydrogen) atoms. The molecule has 0 heterocycles. The molecule has 0 saturated carbocycles. The standard InChI is InChI=1S/C13H19FN2S/c1-3-7-16(4-2)9-10-5-6-11(14)8-12(10)13(15)17/h5-6,8H,3-4,7,9H2,1-2H3,(H2,15,17). The van der Waals surface area contributed by atoms with Gasteiger partial charge in [-0.1, -0.05) is 32.1 Å². The summed E-state index contributed by atoms with van der Waals surface area (Å²) in [6.07, 6.45) is 1.09. The van der Waals surface area contributed by atoms with Crippen LogP contribution in [0.2, 0.25) is 0 Å². The molecule has 0 amide bonds. The summed E-state index contributed by atoms with van der Waals surface area (Å²) in [6.45, 7) is 6.99. The fraction of sp³-hybridized carbons (Fsp3) is 0.462. The summed E-state index contributed by atoms with van der Waals surface area (Å²) < 4.78 is 13.1. The molecule has 1 aromatic carbocycles. The van der Waals surface area contributed by atoms with Gasteiger partial charge in [0.05, 0.1) is 0 Å². The van der Waals surface area contributed by atoms with E-state index < -0.39 is 0 Å². The summed E-state index contributed by atoms with van der Waals surface area (Å²) in [4.78, 5) is 2.54. The largest absolute Gasteiger partial charge is 0.389 e. The maximum atomic E-state index is 13.1. The van der Waals surface area contributed by atoms with Gasteiger partial charge in [-0.3, -0.25) is 4.90 Å². The summed E-state index contributed by atoms with van der Waals surface area (Å²) in [5.41, 5.74) is 7.26. The Kier molecular flexibility index (Phi) is 5.51. The highest BCUT2D eigenvalue weighted by molar-refractivity contribution is 7.80. The Hall–Kier alpha value is -1.00. The molecule has 0 radical (unpaired) electrons. The molecule has 94 valence electrons. The van der Waals surface area contributed by atoms with Gasteiger partial charge >= 0.3 is 0 Å². The lowest BCUT2D eigenvalue weighted by atomic mass is 10.1. The number of hydrogen-bond donors (Lipinski definition) is 1. The van der Waals surface area contributed by atoms with E-state index in [-0.39, 0.29) is 10.8 Å². The van der Waals surface area contributed by atoms with E-state index in [0.29, 0.717) is 5.56 Å². The van der Waals surface area contributed by atoms with Crippen LogP contribution in [0.4, 0.5) is 4.39 Å². The number of thiocarbonyl (C=S) groups is 1. The van der Waals surface area contributed by atoms with Crippen molar-refractivity contribution in [2.45, 2.75) is 26.8 Å². The number of hydrogen-bond acceptors (Lipinski definition) is 2.